The van der Waals surface area contributed by atoms with Crippen molar-refractivity contribution in [1.29, 1.82) is 5.26 Å². The van der Waals surface area contributed by atoms with Gasteiger partial charge in [0.1, 0.15) is 11.9 Å². The van der Waals surface area contributed by atoms with E-state index in [1.807, 2.05) is 6.07 Å². The average molecular weight is 408 g/mol. The minimum Gasteiger partial charge on any atom is -0.438 e. The molecule has 0 aliphatic rings. The third kappa shape index (κ3) is 4.42. The molecule has 0 spiro atoms. The standard InChI is InChI=1S/C22H25FN6O/c1-4-29(5-2)21-11-22(28(3)27-21)30-20-10-15(12-24)6-8-17(20)19-9-7-16(14-26-19)18(23)13-25/h6-11,14,18H,4-5,13,25H2,1-3H3/t18-/m0/s1. The van der Waals surface area contributed by atoms with E-state index < -0.39 is 6.17 Å². The lowest BCUT2D eigenvalue weighted by Gasteiger charge is -2.16. The Morgan fingerprint density at radius 2 is 2.00 bits per heavy atom. The largest absolute Gasteiger partial charge is 0.438 e. The Bertz CT molecular complexity index is 1040. The van der Waals surface area contributed by atoms with Crippen molar-refractivity contribution in [3.05, 3.63) is 53.7 Å². The maximum atomic E-state index is 13.8. The van der Waals surface area contributed by atoms with E-state index in [0.717, 1.165) is 18.9 Å². The summed E-state index contributed by atoms with van der Waals surface area (Å²) >= 11 is 0. The summed E-state index contributed by atoms with van der Waals surface area (Å²) in [4.78, 5) is 6.48. The minimum atomic E-state index is -1.25. The lowest BCUT2D eigenvalue weighted by atomic mass is 10.1. The molecule has 0 aliphatic heterocycles. The number of hydrogen-bond acceptors (Lipinski definition) is 6. The number of rotatable bonds is 8. The highest BCUT2D eigenvalue weighted by atomic mass is 19.1. The highest BCUT2D eigenvalue weighted by Gasteiger charge is 2.16. The number of nitriles is 1. The molecule has 0 saturated heterocycles. The maximum Gasteiger partial charge on any atom is 0.219 e. The van der Waals surface area contributed by atoms with Crippen molar-refractivity contribution in [1.82, 2.24) is 14.8 Å². The van der Waals surface area contributed by atoms with E-state index in [-0.39, 0.29) is 6.54 Å². The lowest BCUT2D eigenvalue weighted by Crippen LogP contribution is -2.22. The molecule has 30 heavy (non-hydrogen) atoms. The van der Waals surface area contributed by atoms with Crippen LogP contribution < -0.4 is 15.4 Å². The minimum absolute atomic E-state index is 0.0956. The first-order valence-electron chi connectivity index (χ1n) is 9.82. The van der Waals surface area contributed by atoms with Gasteiger partial charge in [-0.3, -0.25) is 4.98 Å². The molecule has 3 aromatic rings. The van der Waals surface area contributed by atoms with Gasteiger partial charge >= 0.3 is 0 Å². The zero-order valence-electron chi connectivity index (χ0n) is 17.3. The van der Waals surface area contributed by atoms with Gasteiger partial charge in [-0.2, -0.15) is 10.4 Å². The maximum absolute atomic E-state index is 13.8. The molecular formula is C22H25FN6O. The topological polar surface area (TPSA) is 93.0 Å². The second-order valence-corrected chi connectivity index (χ2v) is 6.74. The molecule has 3 rings (SSSR count). The second kappa shape index (κ2) is 9.37. The molecule has 0 saturated carbocycles. The van der Waals surface area contributed by atoms with E-state index >= 15 is 0 Å². The van der Waals surface area contributed by atoms with Crippen LogP contribution in [0.2, 0.25) is 0 Å². The smallest absolute Gasteiger partial charge is 0.219 e. The van der Waals surface area contributed by atoms with Crippen LogP contribution >= 0.6 is 0 Å². The zero-order chi connectivity index (χ0) is 21.7. The lowest BCUT2D eigenvalue weighted by molar-refractivity contribution is 0.352. The molecule has 2 N–H and O–H groups in total. The van der Waals surface area contributed by atoms with Gasteiger partial charge in [0, 0.05) is 50.1 Å². The van der Waals surface area contributed by atoms with Crippen LogP contribution in [0.5, 0.6) is 11.6 Å². The number of ether oxygens (including phenoxy) is 1. The number of alkyl halides is 1. The van der Waals surface area contributed by atoms with Crippen LogP contribution in [0.4, 0.5) is 10.2 Å². The highest BCUT2D eigenvalue weighted by Crippen LogP contribution is 2.34. The SMILES string of the molecule is CCN(CC)c1cc(Oc2cc(C#N)ccc2-c2ccc([C@@H](F)CN)cn2)n(C)n1. The molecule has 1 aromatic carbocycles. The number of benzene rings is 1. The molecule has 1 atom stereocenters. The summed E-state index contributed by atoms with van der Waals surface area (Å²) in [5, 5.41) is 13.8. The van der Waals surface area contributed by atoms with Gasteiger partial charge in [0.25, 0.3) is 0 Å². The highest BCUT2D eigenvalue weighted by molar-refractivity contribution is 5.69. The van der Waals surface area contributed by atoms with Crippen molar-refractivity contribution in [2.24, 2.45) is 12.8 Å². The molecule has 7 nitrogen and oxygen atoms in total. The Balaban J connectivity index is 1.98. The Labute approximate surface area is 175 Å². The first kappa shape index (κ1) is 21.3. The molecule has 0 aliphatic carbocycles. The zero-order valence-corrected chi connectivity index (χ0v) is 17.3. The summed E-state index contributed by atoms with van der Waals surface area (Å²) in [6.07, 6.45) is 0.216. The summed E-state index contributed by atoms with van der Waals surface area (Å²) in [5.74, 6) is 1.82. The molecular weight excluding hydrogens is 383 g/mol. The van der Waals surface area contributed by atoms with Gasteiger partial charge in [-0.1, -0.05) is 6.07 Å². The van der Waals surface area contributed by atoms with Gasteiger partial charge in [-0.05, 0) is 38.1 Å². The Hall–Kier alpha value is -3.44. The van der Waals surface area contributed by atoms with Crippen LogP contribution in [0.25, 0.3) is 11.3 Å². The summed E-state index contributed by atoms with van der Waals surface area (Å²) in [6.45, 7) is 5.69. The predicted molar refractivity (Wildman–Crippen MR) is 114 cm³/mol. The third-order valence-electron chi connectivity index (χ3n) is 4.87. The second-order valence-electron chi connectivity index (χ2n) is 6.74. The number of nitrogens with zero attached hydrogens (tertiary/aromatic N) is 5. The molecule has 0 bridgehead atoms. The van der Waals surface area contributed by atoms with Crippen molar-refractivity contribution >= 4 is 5.82 Å². The molecule has 2 heterocycles. The summed E-state index contributed by atoms with van der Waals surface area (Å²) in [7, 11) is 1.80. The fourth-order valence-corrected chi connectivity index (χ4v) is 3.12. The Morgan fingerprint density at radius 1 is 1.23 bits per heavy atom. The summed E-state index contributed by atoms with van der Waals surface area (Å²) in [6, 6.07) is 12.5. The number of nitrogens with two attached hydrogens (primary N) is 1. The fourth-order valence-electron chi connectivity index (χ4n) is 3.12. The molecule has 0 radical (unpaired) electrons. The quantitative estimate of drug-likeness (QED) is 0.606. The van der Waals surface area contributed by atoms with Crippen molar-refractivity contribution in [2.75, 3.05) is 24.5 Å². The molecule has 2 aromatic heterocycles. The van der Waals surface area contributed by atoms with Crippen LogP contribution in [-0.2, 0) is 7.05 Å². The number of anilines is 1. The Morgan fingerprint density at radius 3 is 2.60 bits per heavy atom. The molecule has 0 unspecified atom stereocenters. The molecule has 0 amide bonds. The summed E-state index contributed by atoms with van der Waals surface area (Å²) in [5.41, 5.74) is 7.57. The van der Waals surface area contributed by atoms with E-state index in [9.17, 15) is 9.65 Å². The Kier molecular flexibility index (Phi) is 6.65. The number of aromatic nitrogens is 3. The van der Waals surface area contributed by atoms with E-state index in [1.54, 1.807) is 42.1 Å². The van der Waals surface area contributed by atoms with Gasteiger partial charge in [0.05, 0.1) is 17.3 Å². The monoisotopic (exact) mass is 408 g/mol. The van der Waals surface area contributed by atoms with Gasteiger partial charge < -0.3 is 15.4 Å². The van der Waals surface area contributed by atoms with Gasteiger partial charge in [0.15, 0.2) is 5.82 Å². The van der Waals surface area contributed by atoms with Crippen LogP contribution in [0.3, 0.4) is 0 Å². The number of aryl methyl sites for hydroxylation is 1. The van der Waals surface area contributed by atoms with Crippen molar-refractivity contribution in [2.45, 2.75) is 20.0 Å². The fraction of sp³-hybridized carbons (Fsp3) is 0.318. The van der Waals surface area contributed by atoms with Crippen molar-refractivity contribution < 1.29 is 9.13 Å². The van der Waals surface area contributed by atoms with Gasteiger partial charge in [-0.15, -0.1) is 0 Å². The van der Waals surface area contributed by atoms with Gasteiger partial charge in [-0.25, -0.2) is 9.07 Å². The van der Waals surface area contributed by atoms with E-state index in [2.05, 4.69) is 34.9 Å². The number of halogens is 1. The van der Waals surface area contributed by atoms with Crippen LogP contribution in [-0.4, -0.2) is 34.4 Å². The molecule has 8 heteroatoms. The first-order chi connectivity index (χ1) is 14.5. The van der Waals surface area contributed by atoms with E-state index in [1.165, 1.54) is 6.20 Å². The normalized spacial score (nSPS) is 11.7. The van der Waals surface area contributed by atoms with Crippen LogP contribution in [0.1, 0.15) is 31.1 Å². The third-order valence-corrected chi connectivity index (χ3v) is 4.87. The van der Waals surface area contributed by atoms with Crippen molar-refractivity contribution in [3.63, 3.8) is 0 Å². The van der Waals surface area contributed by atoms with Gasteiger partial charge in [0.2, 0.25) is 5.88 Å². The first-order valence-corrected chi connectivity index (χ1v) is 9.82. The molecule has 156 valence electrons. The van der Waals surface area contributed by atoms with Crippen LogP contribution in [0, 0.1) is 11.3 Å². The van der Waals surface area contributed by atoms with E-state index in [0.29, 0.717) is 34.0 Å². The van der Waals surface area contributed by atoms with Crippen LogP contribution in [0.15, 0.2) is 42.6 Å². The van der Waals surface area contributed by atoms with Crippen molar-refractivity contribution in [3.8, 4) is 29.0 Å². The summed E-state index contributed by atoms with van der Waals surface area (Å²) < 4.78 is 21.6. The van der Waals surface area contributed by atoms with E-state index in [4.69, 9.17) is 10.5 Å². The number of pyridine rings is 1. The predicted octanol–water partition coefficient (Wildman–Crippen LogP) is 3.96. The average Bonchev–Trinajstić information content (AvgIpc) is 3.14. The number of hydrogen-bond donors (Lipinski definition) is 1. The molecule has 0 fully saturated rings.